The molecule has 0 saturated carbocycles. The Kier molecular flexibility index (Phi) is 7.39. The molecule has 182 valence electrons. The number of dihydropyridines is 1. The van der Waals surface area contributed by atoms with Crippen LogP contribution in [0.25, 0.3) is 0 Å². The maximum absolute atomic E-state index is 14.6. The Hall–Kier alpha value is -3.18. The topological polar surface area (TPSA) is 73.9 Å². The highest BCUT2D eigenvalue weighted by Crippen LogP contribution is 2.47. The van der Waals surface area contributed by atoms with Gasteiger partial charge >= 0.3 is 24.0 Å². The van der Waals surface area contributed by atoms with Crippen LogP contribution in [-0.4, -0.2) is 45.6 Å². The van der Waals surface area contributed by atoms with Gasteiger partial charge in [0.15, 0.2) is 0 Å². The van der Waals surface area contributed by atoms with E-state index in [1.54, 1.807) is 0 Å². The molecule has 1 atom stereocenters. The van der Waals surface area contributed by atoms with Gasteiger partial charge in [0.1, 0.15) is 5.75 Å². The number of ether oxygens (including phenoxy) is 3. The molecule has 0 spiro atoms. The molecule has 1 aliphatic rings. The molecular formula is C21H21F6NO5. The quantitative estimate of drug-likeness (QED) is 0.484. The molecular weight excluding hydrogens is 460 g/mol. The molecule has 0 radical (unpaired) electrons. The van der Waals surface area contributed by atoms with Crippen molar-refractivity contribution in [2.45, 2.75) is 38.0 Å². The van der Waals surface area contributed by atoms with Crippen molar-refractivity contribution < 1.29 is 50.1 Å². The number of alkyl halides is 6. The molecule has 1 unspecified atom stereocenters. The number of hydrogen-bond acceptors (Lipinski definition) is 6. The van der Waals surface area contributed by atoms with Gasteiger partial charge < -0.3 is 19.5 Å². The molecule has 0 fully saturated rings. The van der Waals surface area contributed by atoms with E-state index < -0.39 is 47.4 Å². The second kappa shape index (κ2) is 9.36. The van der Waals surface area contributed by atoms with Crippen molar-refractivity contribution in [2.75, 3.05) is 21.3 Å². The number of hydrogen-bond donors (Lipinski definition) is 1. The van der Waals surface area contributed by atoms with Gasteiger partial charge in [0, 0.05) is 11.4 Å². The Balaban J connectivity index is 2.83. The van der Waals surface area contributed by atoms with Gasteiger partial charge in [-0.2, -0.15) is 22.0 Å². The molecule has 1 aromatic carbocycles. The minimum Gasteiger partial charge on any atom is -0.496 e. The molecule has 1 aliphatic heterocycles. The van der Waals surface area contributed by atoms with E-state index in [-0.39, 0.29) is 28.1 Å². The van der Waals surface area contributed by atoms with Crippen LogP contribution >= 0.6 is 0 Å². The van der Waals surface area contributed by atoms with E-state index in [4.69, 9.17) is 14.2 Å². The van der Waals surface area contributed by atoms with Gasteiger partial charge in [0.2, 0.25) is 0 Å². The Morgan fingerprint density at radius 1 is 0.939 bits per heavy atom. The van der Waals surface area contributed by atoms with Crippen molar-refractivity contribution >= 4 is 11.9 Å². The lowest BCUT2D eigenvalue weighted by Crippen LogP contribution is -2.40. The van der Waals surface area contributed by atoms with Crippen LogP contribution in [0.4, 0.5) is 26.3 Å². The Labute approximate surface area is 185 Å². The normalized spacial score (nSPS) is 16.3. The minimum absolute atomic E-state index is 0.171. The number of nitrogens with one attached hydrogen (secondary N) is 1. The predicted molar refractivity (Wildman–Crippen MR) is 103 cm³/mol. The zero-order valence-corrected chi connectivity index (χ0v) is 18.2. The third-order valence-corrected chi connectivity index (χ3v) is 5.09. The Morgan fingerprint density at radius 3 is 1.82 bits per heavy atom. The number of carbonyl (C=O) groups excluding carboxylic acids is 2. The van der Waals surface area contributed by atoms with Crippen LogP contribution in [0.2, 0.25) is 0 Å². The van der Waals surface area contributed by atoms with Crippen LogP contribution < -0.4 is 10.1 Å². The molecule has 33 heavy (non-hydrogen) atoms. The molecule has 6 nitrogen and oxygen atoms in total. The fraction of sp³-hybridized carbons (Fsp3) is 0.429. The zero-order chi connectivity index (χ0) is 25.3. The summed E-state index contributed by atoms with van der Waals surface area (Å²) in [5.41, 5.74) is -1.54. The molecule has 1 N–H and O–H groups in total. The number of halogens is 6. The summed E-state index contributed by atoms with van der Waals surface area (Å²) in [6, 6.07) is 2.64. The van der Waals surface area contributed by atoms with Crippen LogP contribution in [0.3, 0.4) is 0 Å². The van der Waals surface area contributed by atoms with E-state index in [0.717, 1.165) is 27.4 Å². The molecule has 1 heterocycles. The average molecular weight is 481 g/mol. The summed E-state index contributed by atoms with van der Waals surface area (Å²) in [6.07, 6.45) is -10.4. The number of rotatable bonds is 6. The number of carbonyl (C=O) groups is 2. The van der Waals surface area contributed by atoms with E-state index in [9.17, 15) is 35.9 Å². The third kappa shape index (κ3) is 4.79. The molecule has 12 heteroatoms. The largest absolute Gasteiger partial charge is 0.496 e. The summed E-state index contributed by atoms with van der Waals surface area (Å²) in [5, 5.41) is 2.79. The second-order valence-electron chi connectivity index (χ2n) is 7.11. The van der Waals surface area contributed by atoms with Crippen LogP contribution in [0, 0.1) is 0 Å². The first kappa shape index (κ1) is 26.1. The summed E-state index contributed by atoms with van der Waals surface area (Å²) in [5.74, 6) is -8.98. The SMILES string of the molecule is COC(=O)C1=C(C)NC(C)=C(C(=O)OC)C1c1ccc(OC)c(C(F)(F)C(F)C(F)(F)F)c1. The molecule has 0 bridgehead atoms. The molecule has 0 saturated heterocycles. The smallest absolute Gasteiger partial charge is 0.426 e. The van der Waals surface area contributed by atoms with Gasteiger partial charge in [-0.3, -0.25) is 0 Å². The highest BCUT2D eigenvalue weighted by Gasteiger charge is 2.59. The standard InChI is InChI=1S/C21H21F6NO5/c1-9-14(17(29)32-4)16(15(10(2)28-9)18(30)33-5)11-6-7-13(31-3)12(8-11)20(23,24)19(22)21(25,26)27/h6-8,16,19,28H,1-5H3. The van der Waals surface area contributed by atoms with E-state index in [1.807, 2.05) is 0 Å². The summed E-state index contributed by atoms with van der Waals surface area (Å²) in [4.78, 5) is 25.0. The van der Waals surface area contributed by atoms with E-state index in [2.05, 4.69) is 5.32 Å². The fourth-order valence-electron chi connectivity index (χ4n) is 3.60. The lowest BCUT2D eigenvalue weighted by molar-refractivity contribution is -0.248. The van der Waals surface area contributed by atoms with E-state index in [0.29, 0.717) is 6.07 Å². The third-order valence-electron chi connectivity index (χ3n) is 5.09. The second-order valence-corrected chi connectivity index (χ2v) is 7.11. The first-order chi connectivity index (χ1) is 15.2. The molecule has 0 amide bonds. The average Bonchev–Trinajstić information content (AvgIpc) is 2.75. The maximum atomic E-state index is 14.6. The fourth-order valence-corrected chi connectivity index (χ4v) is 3.60. The lowest BCUT2D eigenvalue weighted by Gasteiger charge is -2.31. The number of methoxy groups -OCH3 is 3. The van der Waals surface area contributed by atoms with Crippen LogP contribution in [0.15, 0.2) is 40.7 Å². The first-order valence-corrected chi connectivity index (χ1v) is 9.34. The number of esters is 2. The van der Waals surface area contributed by atoms with Gasteiger partial charge in [-0.05, 0) is 31.5 Å². The van der Waals surface area contributed by atoms with Crippen molar-refractivity contribution in [3.63, 3.8) is 0 Å². The van der Waals surface area contributed by atoms with Crippen molar-refractivity contribution in [1.29, 1.82) is 0 Å². The maximum Gasteiger partial charge on any atom is 0.426 e. The number of allylic oxidation sites excluding steroid dienone is 2. The Bertz CT molecular complexity index is 977. The van der Waals surface area contributed by atoms with Crippen molar-refractivity contribution in [3.05, 3.63) is 51.9 Å². The van der Waals surface area contributed by atoms with E-state index >= 15 is 0 Å². The van der Waals surface area contributed by atoms with Gasteiger partial charge in [-0.25, -0.2) is 14.0 Å². The predicted octanol–water partition coefficient (Wildman–Crippen LogP) is 4.27. The number of benzene rings is 1. The van der Waals surface area contributed by atoms with Gasteiger partial charge in [-0.15, -0.1) is 0 Å². The Morgan fingerprint density at radius 2 is 1.42 bits per heavy atom. The van der Waals surface area contributed by atoms with Crippen LogP contribution in [0.1, 0.15) is 30.9 Å². The van der Waals surface area contributed by atoms with Crippen molar-refractivity contribution in [3.8, 4) is 5.75 Å². The summed E-state index contributed by atoms with van der Waals surface area (Å²) >= 11 is 0. The van der Waals surface area contributed by atoms with Gasteiger partial charge in [-0.1, -0.05) is 6.07 Å². The lowest BCUT2D eigenvalue weighted by atomic mass is 9.79. The molecule has 1 aromatic rings. The monoisotopic (exact) mass is 481 g/mol. The summed E-state index contributed by atoms with van der Waals surface area (Å²) < 4.78 is 95.7. The first-order valence-electron chi connectivity index (χ1n) is 9.34. The van der Waals surface area contributed by atoms with Gasteiger partial charge in [0.05, 0.1) is 44.0 Å². The summed E-state index contributed by atoms with van der Waals surface area (Å²) in [6.45, 7) is 2.91. The molecule has 0 aliphatic carbocycles. The molecule has 2 rings (SSSR count). The van der Waals surface area contributed by atoms with Crippen molar-refractivity contribution in [2.24, 2.45) is 0 Å². The highest BCUT2D eigenvalue weighted by atomic mass is 19.4. The summed E-state index contributed by atoms with van der Waals surface area (Å²) in [7, 11) is 3.02. The highest BCUT2D eigenvalue weighted by molar-refractivity contribution is 5.99. The van der Waals surface area contributed by atoms with Gasteiger partial charge in [0.25, 0.3) is 6.17 Å². The van der Waals surface area contributed by atoms with Crippen molar-refractivity contribution in [1.82, 2.24) is 5.32 Å². The van der Waals surface area contributed by atoms with Crippen LogP contribution in [-0.2, 0) is 25.0 Å². The van der Waals surface area contributed by atoms with Crippen LogP contribution in [0.5, 0.6) is 5.75 Å². The zero-order valence-electron chi connectivity index (χ0n) is 18.2. The minimum atomic E-state index is -5.86. The van der Waals surface area contributed by atoms with E-state index in [1.165, 1.54) is 19.9 Å². The molecule has 0 aromatic heterocycles.